The Morgan fingerprint density at radius 2 is 2.23 bits per heavy atom. The zero-order valence-electron chi connectivity index (χ0n) is 15.2. The van der Waals surface area contributed by atoms with Crippen LogP contribution in [0.2, 0.25) is 0 Å². The number of fused-ring (bicyclic) bond motifs is 1. The van der Waals surface area contributed by atoms with Crippen molar-refractivity contribution in [1.82, 2.24) is 14.9 Å². The van der Waals surface area contributed by atoms with E-state index < -0.39 is 0 Å². The quantitative estimate of drug-likeness (QED) is 0.830. The highest BCUT2D eigenvalue weighted by atomic mass is 16.5. The third-order valence-electron chi connectivity index (χ3n) is 5.80. The third-order valence-corrected chi connectivity index (χ3v) is 5.80. The molecule has 5 heteroatoms. The van der Waals surface area contributed by atoms with Crippen molar-refractivity contribution < 1.29 is 9.53 Å². The van der Waals surface area contributed by atoms with Crippen molar-refractivity contribution >= 4 is 5.91 Å². The van der Waals surface area contributed by atoms with E-state index in [0.717, 1.165) is 30.9 Å². The van der Waals surface area contributed by atoms with E-state index in [2.05, 4.69) is 9.97 Å². The van der Waals surface area contributed by atoms with Gasteiger partial charge < -0.3 is 9.64 Å². The topological polar surface area (TPSA) is 55.3 Å². The van der Waals surface area contributed by atoms with Gasteiger partial charge in [0.25, 0.3) is 5.91 Å². The highest BCUT2D eigenvalue weighted by molar-refractivity contribution is 5.92. The molecular weight excluding hydrogens is 326 g/mol. The Morgan fingerprint density at radius 1 is 1.31 bits per heavy atom. The standard InChI is InChI=1S/C21H25N3O2/c1-16-6-4-8-18(23-16)13-26-15-21-10-5-7-17(21)12-24(14-21)20(25)19-9-2-3-11-22-19/h2-4,6,8-9,11,17H,5,7,10,12-15H2,1H3/t17-,21+/m1/s1. The minimum absolute atomic E-state index is 0.0414. The van der Waals surface area contributed by atoms with E-state index in [0.29, 0.717) is 24.8 Å². The highest BCUT2D eigenvalue weighted by Crippen LogP contribution is 2.49. The number of likely N-dealkylation sites (tertiary alicyclic amines) is 1. The number of rotatable bonds is 5. The van der Waals surface area contributed by atoms with Crippen LogP contribution < -0.4 is 0 Å². The largest absolute Gasteiger partial charge is 0.375 e. The summed E-state index contributed by atoms with van der Waals surface area (Å²) in [6.07, 6.45) is 5.21. The minimum Gasteiger partial charge on any atom is -0.375 e. The summed E-state index contributed by atoms with van der Waals surface area (Å²) in [5, 5.41) is 0. The van der Waals surface area contributed by atoms with Crippen LogP contribution in [0.15, 0.2) is 42.6 Å². The maximum atomic E-state index is 12.8. The lowest BCUT2D eigenvalue weighted by Gasteiger charge is -2.28. The Bertz CT molecular complexity index is 780. The lowest BCUT2D eigenvalue weighted by molar-refractivity contribution is 0.0251. The van der Waals surface area contributed by atoms with Crippen LogP contribution in [0, 0.1) is 18.3 Å². The van der Waals surface area contributed by atoms with Crippen LogP contribution in [-0.4, -0.2) is 40.5 Å². The monoisotopic (exact) mass is 351 g/mol. The second-order valence-electron chi connectivity index (χ2n) is 7.62. The summed E-state index contributed by atoms with van der Waals surface area (Å²) in [4.78, 5) is 23.5. The highest BCUT2D eigenvalue weighted by Gasteiger charge is 2.50. The number of hydrogen-bond acceptors (Lipinski definition) is 4. The fraction of sp³-hybridized carbons (Fsp3) is 0.476. The van der Waals surface area contributed by atoms with Crippen molar-refractivity contribution in [2.24, 2.45) is 11.3 Å². The normalized spacial score (nSPS) is 24.7. The van der Waals surface area contributed by atoms with Gasteiger partial charge in [-0.1, -0.05) is 18.6 Å². The lowest BCUT2D eigenvalue weighted by atomic mass is 9.81. The zero-order chi connectivity index (χ0) is 18.0. The van der Waals surface area contributed by atoms with E-state index in [9.17, 15) is 4.79 Å². The number of aromatic nitrogens is 2. The van der Waals surface area contributed by atoms with Crippen LogP contribution in [0.1, 0.15) is 41.1 Å². The van der Waals surface area contributed by atoms with Crippen LogP contribution in [0.25, 0.3) is 0 Å². The molecule has 1 aliphatic carbocycles. The van der Waals surface area contributed by atoms with E-state index in [1.54, 1.807) is 12.3 Å². The zero-order valence-corrected chi connectivity index (χ0v) is 15.2. The number of carbonyl (C=O) groups excluding carboxylic acids is 1. The molecule has 2 aromatic rings. The number of aryl methyl sites for hydroxylation is 1. The smallest absolute Gasteiger partial charge is 0.272 e. The molecule has 0 aromatic carbocycles. The first-order valence-electron chi connectivity index (χ1n) is 9.37. The Kier molecular flexibility index (Phi) is 4.72. The van der Waals surface area contributed by atoms with Crippen LogP contribution in [0.3, 0.4) is 0 Å². The van der Waals surface area contributed by atoms with Gasteiger partial charge in [0.2, 0.25) is 0 Å². The molecule has 2 fully saturated rings. The van der Waals surface area contributed by atoms with Crippen molar-refractivity contribution in [1.29, 1.82) is 0 Å². The molecule has 0 N–H and O–H groups in total. The third kappa shape index (κ3) is 3.36. The molecule has 0 radical (unpaired) electrons. The molecule has 0 spiro atoms. The van der Waals surface area contributed by atoms with Crippen LogP contribution in [0.5, 0.6) is 0 Å². The molecule has 1 saturated heterocycles. The average molecular weight is 351 g/mol. The maximum absolute atomic E-state index is 12.8. The summed E-state index contributed by atoms with van der Waals surface area (Å²) < 4.78 is 6.08. The van der Waals surface area contributed by atoms with E-state index in [1.807, 2.05) is 42.2 Å². The van der Waals surface area contributed by atoms with Gasteiger partial charge in [-0.3, -0.25) is 14.8 Å². The molecule has 5 nitrogen and oxygen atoms in total. The van der Waals surface area contributed by atoms with Crippen molar-refractivity contribution in [3.05, 3.63) is 59.7 Å². The number of pyridine rings is 2. The number of ether oxygens (including phenoxy) is 1. The molecule has 136 valence electrons. The Balaban J connectivity index is 1.41. The maximum Gasteiger partial charge on any atom is 0.272 e. The molecule has 1 amide bonds. The predicted octanol–water partition coefficient (Wildman–Crippen LogP) is 3.24. The number of hydrogen-bond donors (Lipinski definition) is 0. The van der Waals surface area contributed by atoms with Gasteiger partial charge in [0.05, 0.1) is 18.9 Å². The van der Waals surface area contributed by atoms with Crippen molar-refractivity contribution in [2.45, 2.75) is 32.8 Å². The van der Waals surface area contributed by atoms with Crippen LogP contribution in [0.4, 0.5) is 0 Å². The first kappa shape index (κ1) is 17.2. The molecule has 0 unspecified atom stereocenters. The molecule has 1 saturated carbocycles. The molecule has 2 aliphatic rings. The summed E-state index contributed by atoms with van der Waals surface area (Å²) >= 11 is 0. The molecule has 3 heterocycles. The number of amides is 1. The van der Waals surface area contributed by atoms with Gasteiger partial charge in [0.15, 0.2) is 0 Å². The number of carbonyl (C=O) groups is 1. The average Bonchev–Trinajstić information content (AvgIpc) is 3.19. The Hall–Kier alpha value is -2.27. The molecule has 0 bridgehead atoms. The SMILES string of the molecule is Cc1cccc(COC[C@@]23CCC[C@@H]2CN(C(=O)c2ccccn2)C3)n1. The Morgan fingerprint density at radius 3 is 3.04 bits per heavy atom. The lowest BCUT2D eigenvalue weighted by Crippen LogP contribution is -2.35. The van der Waals surface area contributed by atoms with Gasteiger partial charge in [-0.15, -0.1) is 0 Å². The van der Waals surface area contributed by atoms with E-state index in [-0.39, 0.29) is 11.3 Å². The Labute approximate surface area is 154 Å². The summed E-state index contributed by atoms with van der Waals surface area (Å²) in [5.74, 6) is 0.570. The van der Waals surface area contributed by atoms with E-state index in [4.69, 9.17) is 4.74 Å². The van der Waals surface area contributed by atoms with Crippen LogP contribution >= 0.6 is 0 Å². The van der Waals surface area contributed by atoms with Crippen molar-refractivity contribution in [2.75, 3.05) is 19.7 Å². The van der Waals surface area contributed by atoms with Gasteiger partial charge in [-0.05, 0) is 49.9 Å². The molecular formula is C21H25N3O2. The number of nitrogens with zero attached hydrogens (tertiary/aromatic N) is 3. The summed E-state index contributed by atoms with van der Waals surface area (Å²) in [6, 6.07) is 11.5. The van der Waals surface area contributed by atoms with Gasteiger partial charge >= 0.3 is 0 Å². The van der Waals surface area contributed by atoms with Crippen LogP contribution in [-0.2, 0) is 11.3 Å². The first-order valence-corrected chi connectivity index (χ1v) is 9.37. The molecule has 1 aliphatic heterocycles. The van der Waals surface area contributed by atoms with Crippen molar-refractivity contribution in [3.8, 4) is 0 Å². The minimum atomic E-state index is 0.0414. The fourth-order valence-corrected chi connectivity index (χ4v) is 4.50. The van der Waals surface area contributed by atoms with Crippen molar-refractivity contribution in [3.63, 3.8) is 0 Å². The first-order chi connectivity index (χ1) is 12.7. The van der Waals surface area contributed by atoms with E-state index in [1.165, 1.54) is 12.8 Å². The second kappa shape index (κ2) is 7.16. The second-order valence-corrected chi connectivity index (χ2v) is 7.62. The van der Waals surface area contributed by atoms with Gasteiger partial charge in [0, 0.05) is 30.4 Å². The fourth-order valence-electron chi connectivity index (χ4n) is 4.50. The van der Waals surface area contributed by atoms with Gasteiger partial charge in [-0.25, -0.2) is 0 Å². The molecule has 2 atom stereocenters. The summed E-state index contributed by atoms with van der Waals surface area (Å²) in [5.41, 5.74) is 2.60. The molecule has 2 aromatic heterocycles. The molecule has 4 rings (SSSR count). The molecule has 26 heavy (non-hydrogen) atoms. The van der Waals surface area contributed by atoms with E-state index >= 15 is 0 Å². The van der Waals surface area contributed by atoms with Gasteiger partial charge in [-0.2, -0.15) is 0 Å². The van der Waals surface area contributed by atoms with Gasteiger partial charge in [0.1, 0.15) is 5.69 Å². The predicted molar refractivity (Wildman–Crippen MR) is 98.5 cm³/mol. The summed E-state index contributed by atoms with van der Waals surface area (Å²) in [6.45, 7) is 4.81. The summed E-state index contributed by atoms with van der Waals surface area (Å²) in [7, 11) is 0.